The van der Waals surface area contributed by atoms with Crippen LogP contribution in [0.4, 0.5) is 0 Å². The standard InChI is InChI=1S/C13H16/c1-5-11-7-8-13(10(3)4)9-12(11)6-2/h6-9H,2-3,5H2,1,4H3. The summed E-state index contributed by atoms with van der Waals surface area (Å²) in [6.07, 6.45) is 2.96. The van der Waals surface area contributed by atoms with Crippen LogP contribution >= 0.6 is 0 Å². The first kappa shape index (κ1) is 9.79. The summed E-state index contributed by atoms with van der Waals surface area (Å²) in [7, 11) is 0. The third-order valence-corrected chi connectivity index (χ3v) is 2.24. The van der Waals surface area contributed by atoms with Crippen molar-refractivity contribution in [2.75, 3.05) is 0 Å². The van der Waals surface area contributed by atoms with Crippen LogP contribution in [0.1, 0.15) is 30.5 Å². The van der Waals surface area contributed by atoms with E-state index in [1.807, 2.05) is 13.0 Å². The highest BCUT2D eigenvalue weighted by molar-refractivity contribution is 5.66. The van der Waals surface area contributed by atoms with Crippen LogP contribution in [-0.4, -0.2) is 0 Å². The molecule has 0 aliphatic heterocycles. The molecule has 0 unspecified atom stereocenters. The Hall–Kier alpha value is -1.30. The molecule has 0 nitrogen and oxygen atoms in total. The van der Waals surface area contributed by atoms with Crippen molar-refractivity contribution in [1.82, 2.24) is 0 Å². The van der Waals surface area contributed by atoms with Gasteiger partial charge in [0.05, 0.1) is 0 Å². The van der Waals surface area contributed by atoms with E-state index in [2.05, 4.69) is 38.3 Å². The van der Waals surface area contributed by atoms with Crippen LogP contribution in [-0.2, 0) is 6.42 Å². The molecule has 0 spiro atoms. The fourth-order valence-electron chi connectivity index (χ4n) is 1.37. The Balaban J connectivity index is 3.20. The molecule has 0 amide bonds. The van der Waals surface area contributed by atoms with E-state index in [9.17, 15) is 0 Å². The molecule has 0 atom stereocenters. The molecule has 0 aliphatic rings. The zero-order valence-electron chi connectivity index (χ0n) is 8.43. The summed E-state index contributed by atoms with van der Waals surface area (Å²) in [4.78, 5) is 0. The quantitative estimate of drug-likeness (QED) is 0.648. The van der Waals surface area contributed by atoms with Crippen molar-refractivity contribution in [2.24, 2.45) is 0 Å². The van der Waals surface area contributed by atoms with Crippen LogP contribution in [0, 0.1) is 0 Å². The first-order chi connectivity index (χ1) is 6.19. The van der Waals surface area contributed by atoms with Crippen molar-refractivity contribution in [3.8, 4) is 0 Å². The molecule has 0 saturated heterocycles. The van der Waals surface area contributed by atoms with Gasteiger partial charge in [0.15, 0.2) is 0 Å². The van der Waals surface area contributed by atoms with E-state index in [-0.39, 0.29) is 0 Å². The fourth-order valence-corrected chi connectivity index (χ4v) is 1.37. The predicted octanol–water partition coefficient (Wildman–Crippen LogP) is 3.93. The highest BCUT2D eigenvalue weighted by atomic mass is 14.0. The van der Waals surface area contributed by atoms with Crippen molar-refractivity contribution in [1.29, 1.82) is 0 Å². The van der Waals surface area contributed by atoms with Crippen LogP contribution in [0.3, 0.4) is 0 Å². The molecule has 13 heavy (non-hydrogen) atoms. The number of aryl methyl sites for hydroxylation is 1. The summed E-state index contributed by atoms with van der Waals surface area (Å²) >= 11 is 0. The summed E-state index contributed by atoms with van der Waals surface area (Å²) in [5, 5.41) is 0. The maximum absolute atomic E-state index is 3.92. The van der Waals surface area contributed by atoms with Crippen molar-refractivity contribution >= 4 is 11.6 Å². The van der Waals surface area contributed by atoms with E-state index in [1.165, 1.54) is 16.7 Å². The summed E-state index contributed by atoms with van der Waals surface area (Å²) in [5.41, 5.74) is 4.88. The average molecular weight is 172 g/mol. The smallest absolute Gasteiger partial charge is 0.0224 e. The Morgan fingerprint density at radius 3 is 2.62 bits per heavy atom. The average Bonchev–Trinajstić information content (AvgIpc) is 2.16. The van der Waals surface area contributed by atoms with Crippen molar-refractivity contribution in [2.45, 2.75) is 20.3 Å². The molecule has 0 aliphatic carbocycles. The predicted molar refractivity (Wildman–Crippen MR) is 60.6 cm³/mol. The molecular weight excluding hydrogens is 156 g/mol. The van der Waals surface area contributed by atoms with E-state index in [0.29, 0.717) is 0 Å². The highest BCUT2D eigenvalue weighted by Gasteiger charge is 1.99. The minimum atomic E-state index is 1.05. The maximum atomic E-state index is 3.92. The molecular formula is C13H16. The SMILES string of the molecule is C=Cc1cc(C(=C)C)ccc1CC. The van der Waals surface area contributed by atoms with Crippen molar-refractivity contribution in [3.05, 3.63) is 48.0 Å². The van der Waals surface area contributed by atoms with Crippen LogP contribution in [0.5, 0.6) is 0 Å². The van der Waals surface area contributed by atoms with Gasteiger partial charge in [-0.1, -0.05) is 43.9 Å². The van der Waals surface area contributed by atoms with Gasteiger partial charge < -0.3 is 0 Å². The number of allylic oxidation sites excluding steroid dienone is 1. The van der Waals surface area contributed by atoms with E-state index < -0.39 is 0 Å². The van der Waals surface area contributed by atoms with E-state index in [1.54, 1.807) is 0 Å². The first-order valence-corrected chi connectivity index (χ1v) is 4.60. The molecule has 0 saturated carbocycles. The van der Waals surface area contributed by atoms with Crippen molar-refractivity contribution in [3.63, 3.8) is 0 Å². The number of hydrogen-bond acceptors (Lipinski definition) is 0. The van der Waals surface area contributed by atoms with Gasteiger partial charge in [0, 0.05) is 0 Å². The molecule has 1 aromatic rings. The zero-order valence-corrected chi connectivity index (χ0v) is 8.43. The lowest BCUT2D eigenvalue weighted by Gasteiger charge is -2.06. The van der Waals surface area contributed by atoms with Gasteiger partial charge in [-0.05, 0) is 36.1 Å². The third-order valence-electron chi connectivity index (χ3n) is 2.24. The Morgan fingerprint density at radius 2 is 2.15 bits per heavy atom. The summed E-state index contributed by atoms with van der Waals surface area (Å²) in [5.74, 6) is 0. The van der Waals surface area contributed by atoms with Gasteiger partial charge in [0.1, 0.15) is 0 Å². The van der Waals surface area contributed by atoms with Crippen LogP contribution in [0.25, 0.3) is 11.6 Å². The second-order valence-electron chi connectivity index (χ2n) is 3.25. The van der Waals surface area contributed by atoms with E-state index in [0.717, 1.165) is 12.0 Å². The lowest BCUT2D eigenvalue weighted by Crippen LogP contribution is -1.88. The first-order valence-electron chi connectivity index (χ1n) is 4.60. The van der Waals surface area contributed by atoms with Gasteiger partial charge in [-0.2, -0.15) is 0 Å². The number of rotatable bonds is 3. The Bertz CT molecular complexity index is 332. The molecule has 0 heteroatoms. The zero-order chi connectivity index (χ0) is 9.84. The number of hydrogen-bond donors (Lipinski definition) is 0. The monoisotopic (exact) mass is 172 g/mol. The van der Waals surface area contributed by atoms with E-state index >= 15 is 0 Å². The van der Waals surface area contributed by atoms with Gasteiger partial charge in [0.25, 0.3) is 0 Å². The van der Waals surface area contributed by atoms with Crippen LogP contribution in [0.15, 0.2) is 31.4 Å². The molecule has 0 N–H and O–H groups in total. The number of benzene rings is 1. The molecule has 68 valence electrons. The summed E-state index contributed by atoms with van der Waals surface area (Å²) in [6, 6.07) is 6.42. The lowest BCUT2D eigenvalue weighted by molar-refractivity contribution is 1.13. The summed E-state index contributed by atoms with van der Waals surface area (Å²) < 4.78 is 0. The maximum Gasteiger partial charge on any atom is -0.0224 e. The minimum Gasteiger partial charge on any atom is -0.0985 e. The minimum absolute atomic E-state index is 1.05. The lowest BCUT2D eigenvalue weighted by atomic mass is 9.99. The molecule has 1 rings (SSSR count). The Labute approximate surface area is 80.6 Å². The van der Waals surface area contributed by atoms with Gasteiger partial charge >= 0.3 is 0 Å². The largest absolute Gasteiger partial charge is 0.0985 e. The molecule has 0 fully saturated rings. The molecule has 0 radical (unpaired) electrons. The van der Waals surface area contributed by atoms with Crippen molar-refractivity contribution < 1.29 is 0 Å². The van der Waals surface area contributed by atoms with Crippen LogP contribution in [0.2, 0.25) is 0 Å². The summed E-state index contributed by atoms with van der Waals surface area (Å²) in [6.45, 7) is 11.9. The topological polar surface area (TPSA) is 0 Å². The van der Waals surface area contributed by atoms with Gasteiger partial charge in [-0.25, -0.2) is 0 Å². The highest BCUT2D eigenvalue weighted by Crippen LogP contribution is 2.18. The van der Waals surface area contributed by atoms with E-state index in [4.69, 9.17) is 0 Å². The molecule has 0 bridgehead atoms. The van der Waals surface area contributed by atoms with Gasteiger partial charge in [-0.3, -0.25) is 0 Å². The fraction of sp³-hybridized carbons (Fsp3) is 0.231. The Kier molecular flexibility index (Phi) is 3.07. The normalized spacial score (nSPS) is 9.69. The Morgan fingerprint density at radius 1 is 1.46 bits per heavy atom. The van der Waals surface area contributed by atoms with Crippen LogP contribution < -0.4 is 0 Å². The second kappa shape index (κ2) is 4.08. The van der Waals surface area contributed by atoms with Gasteiger partial charge in [0.2, 0.25) is 0 Å². The second-order valence-corrected chi connectivity index (χ2v) is 3.25. The molecule has 0 heterocycles. The van der Waals surface area contributed by atoms with Gasteiger partial charge in [-0.15, -0.1) is 0 Å². The molecule has 0 aromatic heterocycles. The molecule has 1 aromatic carbocycles. The third kappa shape index (κ3) is 2.09.